The van der Waals surface area contributed by atoms with E-state index in [4.69, 9.17) is 4.74 Å². The SMILES string of the molecule is CC(=O)N1CCOc2ccc(S(=O)(=O)NC(C)CN3CCc4ccccc4C3)cc21. The lowest BCUT2D eigenvalue weighted by Gasteiger charge is -2.31. The molecule has 2 aliphatic rings. The van der Waals surface area contributed by atoms with E-state index in [2.05, 4.69) is 27.8 Å². The molecule has 0 radical (unpaired) electrons. The molecular formula is C22H27N3O4S. The largest absolute Gasteiger partial charge is 0.490 e. The Kier molecular flexibility index (Phi) is 5.81. The van der Waals surface area contributed by atoms with Gasteiger partial charge in [0.05, 0.1) is 17.1 Å². The molecule has 160 valence electrons. The Morgan fingerprint density at radius 2 is 1.93 bits per heavy atom. The van der Waals surface area contributed by atoms with Crippen LogP contribution >= 0.6 is 0 Å². The molecule has 1 atom stereocenters. The van der Waals surface area contributed by atoms with Gasteiger partial charge in [-0.05, 0) is 42.7 Å². The summed E-state index contributed by atoms with van der Waals surface area (Å²) >= 11 is 0. The van der Waals surface area contributed by atoms with Crippen LogP contribution < -0.4 is 14.4 Å². The van der Waals surface area contributed by atoms with Crippen molar-refractivity contribution in [2.24, 2.45) is 0 Å². The number of ether oxygens (including phenoxy) is 1. The maximum Gasteiger partial charge on any atom is 0.240 e. The minimum atomic E-state index is -3.72. The van der Waals surface area contributed by atoms with Gasteiger partial charge in [0, 0.05) is 32.6 Å². The van der Waals surface area contributed by atoms with Crippen LogP contribution in [0.25, 0.3) is 0 Å². The fraction of sp³-hybridized carbons (Fsp3) is 0.409. The second kappa shape index (κ2) is 8.37. The van der Waals surface area contributed by atoms with Crippen LogP contribution in [0.3, 0.4) is 0 Å². The van der Waals surface area contributed by atoms with Crippen LogP contribution in [0.1, 0.15) is 25.0 Å². The number of hydrogen-bond acceptors (Lipinski definition) is 5. The summed E-state index contributed by atoms with van der Waals surface area (Å²) < 4.78 is 34.3. The molecule has 4 rings (SSSR count). The van der Waals surface area contributed by atoms with Crippen LogP contribution in [0.4, 0.5) is 5.69 Å². The molecule has 0 spiro atoms. The zero-order valence-electron chi connectivity index (χ0n) is 17.3. The summed E-state index contributed by atoms with van der Waals surface area (Å²) in [4.78, 5) is 15.9. The van der Waals surface area contributed by atoms with Crippen LogP contribution in [0.2, 0.25) is 0 Å². The molecule has 1 amide bonds. The van der Waals surface area contributed by atoms with Crippen molar-refractivity contribution in [3.8, 4) is 5.75 Å². The smallest absolute Gasteiger partial charge is 0.240 e. The number of carbonyl (C=O) groups excluding carboxylic acids is 1. The molecule has 0 saturated carbocycles. The number of amides is 1. The number of benzene rings is 2. The first-order valence-corrected chi connectivity index (χ1v) is 11.7. The van der Waals surface area contributed by atoms with E-state index in [0.29, 0.717) is 31.1 Å². The highest BCUT2D eigenvalue weighted by molar-refractivity contribution is 7.89. The molecule has 30 heavy (non-hydrogen) atoms. The predicted octanol–water partition coefficient (Wildman–Crippen LogP) is 2.16. The highest BCUT2D eigenvalue weighted by atomic mass is 32.2. The van der Waals surface area contributed by atoms with Crippen molar-refractivity contribution in [2.75, 3.05) is 31.1 Å². The summed E-state index contributed by atoms with van der Waals surface area (Å²) in [5.41, 5.74) is 3.17. The lowest BCUT2D eigenvalue weighted by Crippen LogP contribution is -2.43. The number of nitrogens with one attached hydrogen (secondary N) is 1. The second-order valence-corrected chi connectivity index (χ2v) is 9.64. The second-order valence-electron chi connectivity index (χ2n) is 7.92. The van der Waals surface area contributed by atoms with Crippen LogP contribution in [0.5, 0.6) is 5.75 Å². The van der Waals surface area contributed by atoms with E-state index < -0.39 is 10.0 Å². The first-order valence-electron chi connectivity index (χ1n) is 10.2. The Morgan fingerprint density at radius 1 is 1.17 bits per heavy atom. The monoisotopic (exact) mass is 429 g/mol. The Balaban J connectivity index is 1.45. The Morgan fingerprint density at radius 3 is 2.70 bits per heavy atom. The number of carbonyl (C=O) groups is 1. The Bertz CT molecular complexity index is 1050. The van der Waals surface area contributed by atoms with Gasteiger partial charge in [-0.2, -0.15) is 0 Å². The van der Waals surface area contributed by atoms with Crippen LogP contribution in [-0.2, 0) is 27.8 Å². The molecule has 0 fully saturated rings. The zero-order valence-corrected chi connectivity index (χ0v) is 18.1. The molecule has 2 aromatic rings. The lowest BCUT2D eigenvalue weighted by molar-refractivity contribution is -0.116. The minimum absolute atomic E-state index is 0.133. The van der Waals surface area contributed by atoms with Crippen molar-refractivity contribution < 1.29 is 17.9 Å². The number of hydrogen-bond donors (Lipinski definition) is 1. The minimum Gasteiger partial charge on any atom is -0.490 e. The zero-order chi connectivity index (χ0) is 21.3. The van der Waals surface area contributed by atoms with E-state index in [1.807, 2.05) is 13.0 Å². The summed E-state index contributed by atoms with van der Waals surface area (Å²) in [6.45, 7) is 6.51. The maximum atomic E-state index is 13.0. The van der Waals surface area contributed by atoms with Crippen molar-refractivity contribution >= 4 is 21.6 Å². The molecule has 7 nitrogen and oxygen atoms in total. The van der Waals surface area contributed by atoms with Crippen molar-refractivity contribution in [1.82, 2.24) is 9.62 Å². The van der Waals surface area contributed by atoms with Crippen molar-refractivity contribution in [3.05, 3.63) is 53.6 Å². The van der Waals surface area contributed by atoms with E-state index >= 15 is 0 Å². The van der Waals surface area contributed by atoms with Gasteiger partial charge >= 0.3 is 0 Å². The molecule has 0 aliphatic carbocycles. The van der Waals surface area contributed by atoms with Crippen molar-refractivity contribution in [1.29, 1.82) is 0 Å². The number of nitrogens with zero attached hydrogens (tertiary/aromatic N) is 2. The van der Waals surface area contributed by atoms with Gasteiger partial charge < -0.3 is 9.64 Å². The fourth-order valence-corrected chi connectivity index (χ4v) is 5.41. The van der Waals surface area contributed by atoms with Crippen LogP contribution in [0, 0.1) is 0 Å². The van der Waals surface area contributed by atoms with E-state index in [0.717, 1.165) is 19.5 Å². The normalized spacial score (nSPS) is 17.6. The molecular weight excluding hydrogens is 402 g/mol. The first-order chi connectivity index (χ1) is 14.3. The molecule has 0 bridgehead atoms. The first kappa shape index (κ1) is 20.8. The van der Waals surface area contributed by atoms with Gasteiger partial charge in [0.15, 0.2) is 0 Å². The molecule has 0 aromatic heterocycles. The molecule has 8 heteroatoms. The molecule has 2 heterocycles. The number of fused-ring (bicyclic) bond motifs is 2. The summed E-state index contributed by atoms with van der Waals surface area (Å²) in [6, 6.07) is 12.8. The summed E-state index contributed by atoms with van der Waals surface area (Å²) in [7, 11) is -3.72. The Labute approximate surface area is 177 Å². The van der Waals surface area contributed by atoms with Gasteiger partial charge in [-0.1, -0.05) is 24.3 Å². The molecule has 1 N–H and O–H groups in total. The van der Waals surface area contributed by atoms with Gasteiger partial charge in [-0.25, -0.2) is 13.1 Å². The predicted molar refractivity (Wildman–Crippen MR) is 115 cm³/mol. The summed E-state index contributed by atoms with van der Waals surface area (Å²) in [5.74, 6) is 0.385. The molecule has 1 unspecified atom stereocenters. The van der Waals surface area contributed by atoms with Gasteiger partial charge in [-0.3, -0.25) is 9.69 Å². The van der Waals surface area contributed by atoms with E-state index in [-0.39, 0.29) is 16.8 Å². The number of sulfonamides is 1. The number of anilines is 1. The van der Waals surface area contributed by atoms with Crippen LogP contribution in [-0.4, -0.2) is 51.5 Å². The molecule has 2 aliphatic heterocycles. The fourth-order valence-electron chi connectivity index (χ4n) is 4.16. The number of rotatable bonds is 5. The van der Waals surface area contributed by atoms with Gasteiger partial charge in [0.1, 0.15) is 12.4 Å². The third kappa shape index (κ3) is 4.35. The van der Waals surface area contributed by atoms with Crippen molar-refractivity contribution in [3.63, 3.8) is 0 Å². The highest BCUT2D eigenvalue weighted by Crippen LogP contribution is 2.34. The molecule has 0 saturated heterocycles. The average molecular weight is 430 g/mol. The van der Waals surface area contributed by atoms with Gasteiger partial charge in [0.25, 0.3) is 0 Å². The van der Waals surface area contributed by atoms with Gasteiger partial charge in [0.2, 0.25) is 15.9 Å². The average Bonchev–Trinajstić information content (AvgIpc) is 2.72. The Hall–Kier alpha value is -2.42. The lowest BCUT2D eigenvalue weighted by atomic mass is 10.00. The summed E-state index contributed by atoms with van der Waals surface area (Å²) in [6.07, 6.45) is 0.974. The third-order valence-electron chi connectivity index (χ3n) is 5.58. The van der Waals surface area contributed by atoms with E-state index in [9.17, 15) is 13.2 Å². The van der Waals surface area contributed by atoms with E-state index in [1.54, 1.807) is 11.0 Å². The van der Waals surface area contributed by atoms with Crippen LogP contribution in [0.15, 0.2) is 47.4 Å². The third-order valence-corrected chi connectivity index (χ3v) is 7.17. The highest BCUT2D eigenvalue weighted by Gasteiger charge is 2.26. The topological polar surface area (TPSA) is 78.9 Å². The maximum absolute atomic E-state index is 13.0. The quantitative estimate of drug-likeness (QED) is 0.788. The standard InChI is InChI=1S/C22H27N3O4S/c1-16(14-24-10-9-18-5-3-4-6-19(18)15-24)23-30(27,28)20-7-8-22-21(13-20)25(17(2)26)11-12-29-22/h3-8,13,16,23H,9-12,14-15H2,1-2H3. The van der Waals surface area contributed by atoms with Gasteiger partial charge in [-0.15, -0.1) is 0 Å². The van der Waals surface area contributed by atoms with Crippen molar-refractivity contribution in [2.45, 2.75) is 37.8 Å². The van der Waals surface area contributed by atoms with E-state index in [1.165, 1.54) is 30.2 Å². The summed E-state index contributed by atoms with van der Waals surface area (Å²) in [5, 5.41) is 0. The molecule has 2 aromatic carbocycles.